The number of rotatable bonds is 2. The quantitative estimate of drug-likeness (QED) is 0.606. The number of esters is 1. The summed E-state index contributed by atoms with van der Waals surface area (Å²) in [5.74, 6) is -0.136. The van der Waals surface area contributed by atoms with E-state index in [2.05, 4.69) is 0 Å². The van der Waals surface area contributed by atoms with Gasteiger partial charge in [0.05, 0.1) is 5.69 Å². The maximum Gasteiger partial charge on any atom is 0.308 e. The van der Waals surface area contributed by atoms with E-state index in [1.54, 1.807) is 34.9 Å². The number of fused-ring (bicyclic) bond motifs is 1. The van der Waals surface area contributed by atoms with E-state index in [-0.39, 0.29) is 5.57 Å². The fourth-order valence-electron chi connectivity index (χ4n) is 1.72. The molecule has 5 nitrogen and oxygen atoms in total. The van der Waals surface area contributed by atoms with Crippen molar-refractivity contribution in [3.05, 3.63) is 41.7 Å². The van der Waals surface area contributed by atoms with Crippen LogP contribution in [-0.4, -0.2) is 10.4 Å². The lowest BCUT2D eigenvalue weighted by Gasteiger charge is -2.01. The minimum atomic E-state index is -0.457. The first-order valence-corrected chi connectivity index (χ1v) is 5.46. The summed E-state index contributed by atoms with van der Waals surface area (Å²) in [6.45, 7) is 1.30. The second-order valence-corrected chi connectivity index (χ2v) is 3.76. The van der Waals surface area contributed by atoms with Crippen LogP contribution < -0.4 is 4.74 Å². The van der Waals surface area contributed by atoms with Crippen molar-refractivity contribution in [2.75, 3.05) is 0 Å². The molecule has 0 atom stereocenters. The Morgan fingerprint density at radius 1 is 1.37 bits per heavy atom. The van der Waals surface area contributed by atoms with Crippen LogP contribution in [0.15, 0.2) is 36.0 Å². The van der Waals surface area contributed by atoms with E-state index in [4.69, 9.17) is 15.3 Å². The van der Waals surface area contributed by atoms with Gasteiger partial charge in [0.15, 0.2) is 5.75 Å². The Morgan fingerprint density at radius 3 is 2.74 bits per heavy atom. The second kappa shape index (κ2) is 5.07. The Bertz CT molecular complexity index is 741. The molecule has 0 aliphatic rings. The van der Waals surface area contributed by atoms with Gasteiger partial charge in [0.1, 0.15) is 17.7 Å². The monoisotopic (exact) mass is 251 g/mol. The van der Waals surface area contributed by atoms with Crippen LogP contribution >= 0.6 is 0 Å². The summed E-state index contributed by atoms with van der Waals surface area (Å²) in [4.78, 5) is 11.1. The second-order valence-electron chi connectivity index (χ2n) is 3.76. The number of allylic oxidation sites excluding steroid dienone is 1. The lowest BCUT2D eigenvalue weighted by atomic mass is 10.2. The van der Waals surface area contributed by atoms with Crippen LogP contribution in [0.1, 0.15) is 12.6 Å². The summed E-state index contributed by atoms with van der Waals surface area (Å²) in [6.07, 6.45) is 3.16. The number of hydrogen-bond donors (Lipinski definition) is 0. The van der Waals surface area contributed by atoms with E-state index in [0.717, 1.165) is 5.52 Å². The van der Waals surface area contributed by atoms with Gasteiger partial charge in [0.25, 0.3) is 0 Å². The van der Waals surface area contributed by atoms with Crippen molar-refractivity contribution in [1.29, 1.82) is 10.5 Å². The molecule has 0 radical (unpaired) electrons. The van der Waals surface area contributed by atoms with Crippen LogP contribution in [-0.2, 0) is 4.79 Å². The van der Waals surface area contributed by atoms with Gasteiger partial charge in [-0.15, -0.1) is 0 Å². The van der Waals surface area contributed by atoms with E-state index in [1.807, 2.05) is 12.1 Å². The number of nitriles is 2. The zero-order valence-electron chi connectivity index (χ0n) is 10.1. The molecule has 19 heavy (non-hydrogen) atoms. The number of nitrogens with zero attached hydrogens (tertiary/aromatic N) is 3. The maximum atomic E-state index is 11.1. The van der Waals surface area contributed by atoms with Gasteiger partial charge in [-0.25, -0.2) is 0 Å². The number of carbonyl (C=O) groups is 1. The van der Waals surface area contributed by atoms with Crippen molar-refractivity contribution in [1.82, 2.24) is 4.40 Å². The minimum Gasteiger partial charge on any atom is -0.424 e. The number of carbonyl (C=O) groups excluding carboxylic acids is 1. The number of hydrogen-bond acceptors (Lipinski definition) is 4. The molecule has 5 heteroatoms. The molecule has 0 spiro atoms. The molecule has 0 aromatic carbocycles. The van der Waals surface area contributed by atoms with E-state index >= 15 is 0 Å². The lowest BCUT2D eigenvalue weighted by Crippen LogP contribution is -2.02. The van der Waals surface area contributed by atoms with Gasteiger partial charge in [0, 0.05) is 24.7 Å². The van der Waals surface area contributed by atoms with Crippen LogP contribution in [0.3, 0.4) is 0 Å². The van der Waals surface area contributed by atoms with Gasteiger partial charge in [-0.1, -0.05) is 6.07 Å². The molecule has 0 N–H and O–H groups in total. The normalized spacial score (nSPS) is 9.42. The highest BCUT2D eigenvalue weighted by molar-refractivity contribution is 5.76. The third kappa shape index (κ3) is 2.46. The third-order valence-electron chi connectivity index (χ3n) is 2.46. The van der Waals surface area contributed by atoms with E-state index in [9.17, 15) is 4.79 Å². The van der Waals surface area contributed by atoms with Gasteiger partial charge in [-0.05, 0) is 18.2 Å². The Labute approximate surface area is 109 Å². The highest BCUT2D eigenvalue weighted by Gasteiger charge is 2.12. The average molecular weight is 251 g/mol. The fraction of sp³-hybridized carbons (Fsp3) is 0.0714. The van der Waals surface area contributed by atoms with Crippen LogP contribution in [0.4, 0.5) is 0 Å². The van der Waals surface area contributed by atoms with Crippen molar-refractivity contribution in [2.24, 2.45) is 0 Å². The summed E-state index contributed by atoms with van der Waals surface area (Å²) in [5.41, 5.74) is 1.24. The zero-order valence-corrected chi connectivity index (χ0v) is 10.1. The number of aromatic nitrogens is 1. The van der Waals surface area contributed by atoms with Gasteiger partial charge in [0.2, 0.25) is 0 Å². The van der Waals surface area contributed by atoms with Crippen molar-refractivity contribution in [3.8, 4) is 17.9 Å². The molecule has 0 aliphatic heterocycles. The van der Waals surface area contributed by atoms with Crippen molar-refractivity contribution < 1.29 is 9.53 Å². The predicted octanol–water partition coefficient (Wildman–Crippen LogP) is 2.30. The molecule has 92 valence electrons. The first kappa shape index (κ1) is 12.4. The summed E-state index contributed by atoms with van der Waals surface area (Å²) in [6, 6.07) is 10.7. The van der Waals surface area contributed by atoms with Crippen LogP contribution in [0.25, 0.3) is 11.6 Å². The highest BCUT2D eigenvalue weighted by Crippen LogP contribution is 2.26. The topological polar surface area (TPSA) is 78.3 Å². The lowest BCUT2D eigenvalue weighted by molar-refractivity contribution is -0.131. The molecule has 0 aliphatic carbocycles. The van der Waals surface area contributed by atoms with Crippen LogP contribution in [0.2, 0.25) is 0 Å². The van der Waals surface area contributed by atoms with Gasteiger partial charge >= 0.3 is 5.97 Å². The van der Waals surface area contributed by atoms with Crippen molar-refractivity contribution in [3.63, 3.8) is 0 Å². The molecule has 0 amide bonds. The van der Waals surface area contributed by atoms with E-state index < -0.39 is 5.97 Å². The SMILES string of the molecule is CC(=O)Oc1cc2ccccn2c1C=C(C#N)C#N. The molecule has 2 aromatic heterocycles. The molecule has 0 unspecified atom stereocenters. The fourth-order valence-corrected chi connectivity index (χ4v) is 1.72. The standard InChI is InChI=1S/C14H9N3O2/c1-10(18)19-14-7-12-4-2-3-5-17(12)13(14)6-11(8-15)9-16/h2-7H,1H3. The third-order valence-corrected chi connectivity index (χ3v) is 2.46. The Balaban J connectivity index is 2.68. The highest BCUT2D eigenvalue weighted by atomic mass is 16.5. The van der Waals surface area contributed by atoms with Crippen molar-refractivity contribution >= 4 is 17.6 Å². The predicted molar refractivity (Wildman–Crippen MR) is 67.9 cm³/mol. The Morgan fingerprint density at radius 2 is 2.11 bits per heavy atom. The minimum absolute atomic E-state index is 0.0581. The average Bonchev–Trinajstić information content (AvgIpc) is 2.72. The molecule has 2 rings (SSSR count). The molecule has 2 heterocycles. The van der Waals surface area contributed by atoms with Crippen molar-refractivity contribution in [2.45, 2.75) is 6.92 Å². The van der Waals surface area contributed by atoms with Gasteiger partial charge < -0.3 is 9.14 Å². The molecule has 0 fully saturated rings. The number of pyridine rings is 1. The summed E-state index contributed by atoms with van der Waals surface area (Å²) < 4.78 is 6.84. The van der Waals surface area contributed by atoms with E-state index in [0.29, 0.717) is 11.4 Å². The smallest absolute Gasteiger partial charge is 0.308 e. The van der Waals surface area contributed by atoms with Gasteiger partial charge in [-0.3, -0.25) is 4.79 Å². The molecule has 0 saturated heterocycles. The van der Waals surface area contributed by atoms with Crippen LogP contribution in [0.5, 0.6) is 5.75 Å². The summed E-state index contributed by atoms with van der Waals surface area (Å²) in [5, 5.41) is 17.6. The van der Waals surface area contributed by atoms with Crippen LogP contribution in [0, 0.1) is 22.7 Å². The van der Waals surface area contributed by atoms with Gasteiger partial charge in [-0.2, -0.15) is 10.5 Å². The van der Waals surface area contributed by atoms with E-state index in [1.165, 1.54) is 13.0 Å². The zero-order chi connectivity index (χ0) is 13.8. The Hall–Kier alpha value is -3.05. The summed E-state index contributed by atoms with van der Waals surface area (Å²) in [7, 11) is 0. The molecule has 0 bridgehead atoms. The molecule has 0 saturated carbocycles. The molecular weight excluding hydrogens is 242 g/mol. The Kier molecular flexibility index (Phi) is 3.31. The first-order valence-electron chi connectivity index (χ1n) is 5.46. The maximum absolute atomic E-state index is 11.1. The largest absolute Gasteiger partial charge is 0.424 e. The number of ether oxygens (including phenoxy) is 1. The molecular formula is C14H9N3O2. The summed E-state index contributed by atoms with van der Waals surface area (Å²) >= 11 is 0. The first-order chi connectivity index (χ1) is 9.15. The molecule has 2 aromatic rings.